The van der Waals surface area contributed by atoms with Crippen molar-refractivity contribution in [2.75, 3.05) is 20.8 Å². The molecule has 9 unspecified atom stereocenters. The first-order valence-electron chi connectivity index (χ1n) is 15.7. The van der Waals surface area contributed by atoms with Gasteiger partial charge in [-0.15, -0.1) is 0 Å². The van der Waals surface area contributed by atoms with Crippen molar-refractivity contribution in [3.63, 3.8) is 0 Å². The van der Waals surface area contributed by atoms with Gasteiger partial charge in [-0.25, -0.2) is 0 Å². The highest BCUT2D eigenvalue weighted by atomic mass is 16.7. The Bertz CT molecular complexity index is 914. The van der Waals surface area contributed by atoms with E-state index < -0.39 is 86.3 Å². The van der Waals surface area contributed by atoms with E-state index in [2.05, 4.69) is 0 Å². The minimum atomic E-state index is -1.66. The van der Waals surface area contributed by atoms with E-state index in [9.17, 15) is 40.9 Å². The average molecular weight is 640 g/mol. The van der Waals surface area contributed by atoms with Crippen LogP contribution < -0.4 is 0 Å². The highest BCUT2D eigenvalue weighted by Gasteiger charge is 2.55. The molecule has 0 aromatic carbocycles. The van der Waals surface area contributed by atoms with Crippen molar-refractivity contribution in [1.82, 2.24) is 0 Å². The highest BCUT2D eigenvalue weighted by Crippen LogP contribution is 2.43. The second-order valence-corrected chi connectivity index (χ2v) is 13.1. The van der Waals surface area contributed by atoms with E-state index in [0.29, 0.717) is 38.5 Å². The van der Waals surface area contributed by atoms with Crippen LogP contribution in [-0.4, -0.2) is 171 Å². The van der Waals surface area contributed by atoms with E-state index in [1.165, 1.54) is 6.92 Å². The van der Waals surface area contributed by atoms with Crippen molar-refractivity contribution in [1.29, 1.82) is 0 Å². The Hall–Kier alpha value is -0.600. The molecule has 44 heavy (non-hydrogen) atoms. The first-order valence-corrected chi connectivity index (χ1v) is 15.7. The number of hydrogen-bond donors (Lipinski definition) is 8. The summed E-state index contributed by atoms with van der Waals surface area (Å²) < 4.78 is 39.6. The van der Waals surface area contributed by atoms with Crippen LogP contribution in [0.5, 0.6) is 0 Å². The molecule has 5 aliphatic rings. The minimum absolute atomic E-state index is 0.0292. The Labute approximate surface area is 256 Å². The third kappa shape index (κ3) is 7.12. The summed E-state index contributed by atoms with van der Waals surface area (Å²) in [5.74, 6) is -0.252. The van der Waals surface area contributed by atoms with Crippen molar-refractivity contribution in [3.8, 4) is 0 Å². The van der Waals surface area contributed by atoms with Crippen LogP contribution in [0.1, 0.15) is 45.4 Å². The topological polar surface area (TPSA) is 230 Å². The predicted molar refractivity (Wildman–Crippen MR) is 148 cm³/mol. The van der Waals surface area contributed by atoms with Gasteiger partial charge in [0, 0.05) is 33.0 Å². The molecule has 3 saturated heterocycles. The molecule has 0 spiro atoms. The third-order valence-electron chi connectivity index (χ3n) is 10.4. The summed E-state index contributed by atoms with van der Waals surface area (Å²) in [5.41, 5.74) is 0. The molecular weight excluding hydrogens is 588 g/mol. The van der Waals surface area contributed by atoms with E-state index in [4.69, 9.17) is 33.2 Å². The van der Waals surface area contributed by atoms with Gasteiger partial charge in [-0.2, -0.15) is 0 Å². The number of ether oxygens (including phenoxy) is 7. The van der Waals surface area contributed by atoms with Crippen LogP contribution in [-0.2, 0) is 28.4 Å². The van der Waals surface area contributed by atoms with Gasteiger partial charge < -0.3 is 74.0 Å². The van der Waals surface area contributed by atoms with Crippen molar-refractivity contribution in [2.45, 2.75) is 150 Å². The molecule has 3 aliphatic heterocycles. The van der Waals surface area contributed by atoms with Crippen LogP contribution in [0.4, 0.5) is 0 Å². The lowest BCUT2D eigenvalue weighted by molar-refractivity contribution is -0.362. The number of rotatable bonds is 8. The molecule has 19 atom stereocenters. The van der Waals surface area contributed by atoms with Crippen LogP contribution >= 0.6 is 0 Å². The van der Waals surface area contributed by atoms with Gasteiger partial charge in [0.05, 0.1) is 43.0 Å². The van der Waals surface area contributed by atoms with Crippen molar-refractivity contribution >= 4 is 0 Å². The molecule has 5 rings (SSSR count). The molecule has 5 fully saturated rings. The first kappa shape index (κ1) is 34.7. The van der Waals surface area contributed by atoms with Gasteiger partial charge >= 0.3 is 0 Å². The monoisotopic (exact) mass is 639 g/mol. The van der Waals surface area contributed by atoms with Gasteiger partial charge in [-0.3, -0.25) is 0 Å². The maximum absolute atomic E-state index is 11.0. The lowest BCUT2D eigenvalue weighted by atomic mass is 9.72. The molecule has 0 amide bonds. The molecule has 15 heteroatoms. The first-order chi connectivity index (χ1) is 20.9. The largest absolute Gasteiger partial charge is 0.427 e. The van der Waals surface area contributed by atoms with Gasteiger partial charge in [0.2, 0.25) is 0 Å². The Morgan fingerprint density at radius 2 is 1.39 bits per heavy atom. The number of fused-ring (bicyclic) bond motifs is 1. The molecule has 3 heterocycles. The molecule has 2 saturated carbocycles. The SMILES string of the molecule is COC1CC(O)C2CC(O[C@@H]3O[C@H](CO[C@@H]4O[C@@H](C)[C@H](O)[C@@H](O)[C@H]4O)[C@H](O)[C@H](O)[C@H]3O)C(C3CCC(O)C(OC)C3)[OH+]C2C1. The third-order valence-corrected chi connectivity index (χ3v) is 10.4. The summed E-state index contributed by atoms with van der Waals surface area (Å²) in [6.45, 7) is 1.10. The predicted octanol–water partition coefficient (Wildman–Crippen LogP) is -3.35. The van der Waals surface area contributed by atoms with E-state index in [1.807, 2.05) is 0 Å². The van der Waals surface area contributed by atoms with Crippen LogP contribution in [0.25, 0.3) is 0 Å². The summed E-state index contributed by atoms with van der Waals surface area (Å²) >= 11 is 0. The summed E-state index contributed by atoms with van der Waals surface area (Å²) in [4.78, 5) is 0. The van der Waals surface area contributed by atoms with Crippen molar-refractivity contribution < 1.29 is 74.0 Å². The number of aliphatic hydroxyl groups is 10. The van der Waals surface area contributed by atoms with E-state index in [0.717, 1.165) is 0 Å². The Kier molecular flexibility index (Phi) is 11.6. The van der Waals surface area contributed by atoms with Crippen LogP contribution in [0.2, 0.25) is 0 Å². The van der Waals surface area contributed by atoms with Crippen molar-refractivity contribution in [3.05, 3.63) is 0 Å². The fourth-order valence-electron chi connectivity index (χ4n) is 7.59. The van der Waals surface area contributed by atoms with Crippen LogP contribution in [0.3, 0.4) is 0 Å². The quantitative estimate of drug-likeness (QED) is 0.121. The standard InChI is InChI=1S/C29H50O15/c1-11-21(32)23(34)25(36)28(41-11)40-10-20-22(33)24(35)26(37)29(44-20)43-19-9-14-16(31)7-13(38-2)8-17(14)42-27(19)12-4-5-15(30)18(6-12)39-3/h11-37H,4-10H2,1-3H3/p+1/t11-,12?,13?,14?,15?,16?,17?,18?,19?,20+,21-,22-,23+,24-,25+,26+,27?,28+,29+/m0/s1. The lowest BCUT2D eigenvalue weighted by Gasteiger charge is -2.49. The van der Waals surface area contributed by atoms with E-state index in [-0.39, 0.29) is 36.3 Å². The van der Waals surface area contributed by atoms with E-state index >= 15 is 0 Å². The smallest absolute Gasteiger partial charge is 0.187 e. The zero-order valence-corrected chi connectivity index (χ0v) is 25.4. The molecule has 9 N–H and O–H groups in total. The maximum atomic E-state index is 11.0. The molecule has 2 aliphatic carbocycles. The molecule has 0 radical (unpaired) electrons. The number of aliphatic hydroxyl groups excluding tert-OH is 8. The molecular formula is C29H51O15+. The molecule has 256 valence electrons. The normalized spacial score (nSPS) is 53.7. The van der Waals surface area contributed by atoms with Gasteiger partial charge in [-0.05, 0) is 32.6 Å². The Morgan fingerprint density at radius 1 is 0.682 bits per heavy atom. The molecule has 15 nitrogen and oxygen atoms in total. The molecule has 0 aromatic rings. The summed E-state index contributed by atoms with van der Waals surface area (Å²) in [6.07, 6.45) is -13.8. The second kappa shape index (κ2) is 14.7. The summed E-state index contributed by atoms with van der Waals surface area (Å²) in [5, 5.41) is 84.1. The molecule has 0 aromatic heterocycles. The average Bonchev–Trinajstić information content (AvgIpc) is 3.01. The Morgan fingerprint density at radius 3 is 2.09 bits per heavy atom. The van der Waals surface area contributed by atoms with E-state index in [1.54, 1.807) is 14.2 Å². The minimum Gasteiger partial charge on any atom is -0.427 e. The van der Waals surface area contributed by atoms with Gasteiger partial charge in [0.25, 0.3) is 0 Å². The second-order valence-electron chi connectivity index (χ2n) is 13.1. The lowest BCUT2D eigenvalue weighted by Crippen LogP contribution is -2.63. The highest BCUT2D eigenvalue weighted by molar-refractivity contribution is 4.99. The summed E-state index contributed by atoms with van der Waals surface area (Å²) in [7, 11) is 3.17. The van der Waals surface area contributed by atoms with Crippen LogP contribution in [0.15, 0.2) is 0 Å². The number of hydrogen-bond acceptors (Lipinski definition) is 14. The fraction of sp³-hybridized carbons (Fsp3) is 1.00. The van der Waals surface area contributed by atoms with Crippen LogP contribution in [0, 0.1) is 11.8 Å². The van der Waals surface area contributed by atoms with Gasteiger partial charge in [-0.1, -0.05) is 0 Å². The fourth-order valence-corrected chi connectivity index (χ4v) is 7.59. The van der Waals surface area contributed by atoms with Gasteiger partial charge in [0.1, 0.15) is 48.8 Å². The van der Waals surface area contributed by atoms with Gasteiger partial charge in [0.15, 0.2) is 24.8 Å². The zero-order valence-electron chi connectivity index (χ0n) is 25.4. The molecule has 0 bridgehead atoms. The summed E-state index contributed by atoms with van der Waals surface area (Å²) in [6, 6.07) is 0. The maximum Gasteiger partial charge on any atom is 0.187 e. The number of methoxy groups -OCH3 is 2. The zero-order chi connectivity index (χ0) is 31.9. The van der Waals surface area contributed by atoms with Crippen molar-refractivity contribution in [2.24, 2.45) is 11.8 Å². The Balaban J connectivity index is 1.30.